The van der Waals surface area contributed by atoms with Crippen molar-refractivity contribution in [2.75, 3.05) is 5.32 Å². The summed E-state index contributed by atoms with van der Waals surface area (Å²) in [6, 6.07) is 4.92. The minimum Gasteiger partial charge on any atom is -0.326 e. The Labute approximate surface area is 90.0 Å². The summed E-state index contributed by atoms with van der Waals surface area (Å²) in [6.07, 6.45) is 2.05. The van der Waals surface area contributed by atoms with E-state index in [0.29, 0.717) is 11.3 Å². The van der Waals surface area contributed by atoms with Gasteiger partial charge in [0, 0.05) is 12.1 Å². The van der Waals surface area contributed by atoms with Crippen molar-refractivity contribution in [1.82, 2.24) is 0 Å². The van der Waals surface area contributed by atoms with Crippen LogP contribution in [0.1, 0.15) is 18.4 Å². The Hall–Kier alpha value is -1.20. The fourth-order valence-corrected chi connectivity index (χ4v) is 2.09. The molecule has 1 aliphatic heterocycles. The highest BCUT2D eigenvalue weighted by Crippen LogP contribution is 2.24. The summed E-state index contributed by atoms with van der Waals surface area (Å²) in [7, 11) is 0. The number of fused-ring (bicyclic) bond motifs is 1. The van der Waals surface area contributed by atoms with Crippen LogP contribution in [0.15, 0.2) is 23.1 Å². The molecule has 1 aromatic carbocycles. The van der Waals surface area contributed by atoms with Crippen LogP contribution in [-0.4, -0.2) is 14.7 Å². The molecule has 0 bridgehead atoms. The zero-order valence-electron chi connectivity index (χ0n) is 8.03. The van der Waals surface area contributed by atoms with Gasteiger partial charge in [-0.2, -0.15) is 0 Å². The Morgan fingerprint density at radius 1 is 1.33 bits per heavy atom. The average molecular weight is 225 g/mol. The molecule has 2 N–H and O–H groups in total. The molecular weight excluding hydrogens is 214 g/mol. The van der Waals surface area contributed by atoms with Crippen LogP contribution >= 0.6 is 0 Å². The lowest BCUT2D eigenvalue weighted by molar-refractivity contribution is -0.116. The van der Waals surface area contributed by atoms with Crippen molar-refractivity contribution < 1.29 is 13.6 Å². The second-order valence-corrected chi connectivity index (χ2v) is 4.44. The van der Waals surface area contributed by atoms with Crippen molar-refractivity contribution in [3.05, 3.63) is 23.8 Å². The lowest BCUT2D eigenvalue weighted by Crippen LogP contribution is -2.09. The Morgan fingerprint density at radius 2 is 2.13 bits per heavy atom. The maximum absolute atomic E-state index is 11.2. The highest BCUT2D eigenvalue weighted by molar-refractivity contribution is 7.79. The Balaban J connectivity index is 2.40. The molecular formula is C10H11NO3S. The van der Waals surface area contributed by atoms with Gasteiger partial charge in [0.1, 0.15) is 0 Å². The van der Waals surface area contributed by atoms with Crippen LogP contribution < -0.4 is 5.32 Å². The highest BCUT2D eigenvalue weighted by Gasteiger charge is 2.13. The third-order valence-corrected chi connectivity index (χ3v) is 3.06. The fraction of sp³-hybridized carbons (Fsp3) is 0.300. The monoisotopic (exact) mass is 225 g/mol. The van der Waals surface area contributed by atoms with E-state index in [0.717, 1.165) is 24.1 Å². The first kappa shape index (κ1) is 10.3. The average Bonchev–Trinajstić information content (AvgIpc) is 2.37. The summed E-state index contributed by atoms with van der Waals surface area (Å²) in [5.41, 5.74) is 1.69. The summed E-state index contributed by atoms with van der Waals surface area (Å²) < 4.78 is 19.8. The Morgan fingerprint density at radius 3 is 2.87 bits per heavy atom. The number of rotatable bonds is 1. The van der Waals surface area contributed by atoms with Crippen molar-refractivity contribution in [2.24, 2.45) is 0 Å². The SMILES string of the molecule is O=C1CCCc2cc(S(=O)O)ccc2N1. The zero-order chi connectivity index (χ0) is 10.8. The minimum atomic E-state index is -1.95. The van der Waals surface area contributed by atoms with Gasteiger partial charge >= 0.3 is 0 Å². The van der Waals surface area contributed by atoms with Gasteiger partial charge in [0.25, 0.3) is 0 Å². The summed E-state index contributed by atoms with van der Waals surface area (Å²) >= 11 is -1.95. The maximum atomic E-state index is 11.2. The van der Waals surface area contributed by atoms with E-state index in [2.05, 4.69) is 5.32 Å². The second-order valence-electron chi connectivity index (χ2n) is 3.47. The molecule has 0 saturated carbocycles. The van der Waals surface area contributed by atoms with Crippen LogP contribution in [0.25, 0.3) is 0 Å². The standard InChI is InChI=1S/C10H11NO3S/c12-10-3-1-2-7-6-8(15(13)14)4-5-9(7)11-10/h4-6H,1-3H2,(H,11,12)(H,13,14). The van der Waals surface area contributed by atoms with E-state index in [1.165, 1.54) is 0 Å². The van der Waals surface area contributed by atoms with Crippen LogP contribution in [0.2, 0.25) is 0 Å². The number of hydrogen-bond acceptors (Lipinski definition) is 2. The largest absolute Gasteiger partial charge is 0.326 e. The molecule has 1 unspecified atom stereocenters. The fourth-order valence-electron chi connectivity index (χ4n) is 1.66. The number of anilines is 1. The number of amides is 1. The molecule has 0 aromatic heterocycles. The third kappa shape index (κ3) is 2.24. The summed E-state index contributed by atoms with van der Waals surface area (Å²) in [5.74, 6) is 0.00613. The molecule has 1 atom stereocenters. The van der Waals surface area contributed by atoms with Crippen LogP contribution in [-0.2, 0) is 22.3 Å². The predicted molar refractivity (Wildman–Crippen MR) is 57.0 cm³/mol. The Kier molecular flexibility index (Phi) is 2.83. The van der Waals surface area contributed by atoms with Crippen molar-refractivity contribution >= 4 is 22.7 Å². The van der Waals surface area contributed by atoms with E-state index in [9.17, 15) is 9.00 Å². The molecule has 0 fully saturated rings. The topological polar surface area (TPSA) is 66.4 Å². The van der Waals surface area contributed by atoms with Gasteiger partial charge in [-0.25, -0.2) is 4.21 Å². The van der Waals surface area contributed by atoms with Gasteiger partial charge < -0.3 is 9.87 Å². The first-order valence-electron chi connectivity index (χ1n) is 4.70. The molecule has 1 heterocycles. The first-order valence-corrected chi connectivity index (χ1v) is 5.81. The molecule has 0 radical (unpaired) electrons. The Bertz CT molecular complexity index is 431. The summed E-state index contributed by atoms with van der Waals surface area (Å²) in [4.78, 5) is 11.6. The molecule has 1 amide bonds. The number of carbonyl (C=O) groups is 1. The molecule has 0 saturated heterocycles. The lowest BCUT2D eigenvalue weighted by Gasteiger charge is -2.07. The van der Waals surface area contributed by atoms with Crippen LogP contribution in [0.4, 0.5) is 5.69 Å². The summed E-state index contributed by atoms with van der Waals surface area (Å²) in [6.45, 7) is 0. The zero-order valence-corrected chi connectivity index (χ0v) is 8.84. The lowest BCUT2D eigenvalue weighted by atomic mass is 10.1. The van der Waals surface area contributed by atoms with Gasteiger partial charge in [-0.3, -0.25) is 4.79 Å². The predicted octanol–water partition coefficient (Wildman–Crippen LogP) is 1.54. The first-order chi connectivity index (χ1) is 7.16. The quantitative estimate of drug-likeness (QED) is 0.712. The second kappa shape index (κ2) is 4.12. The van der Waals surface area contributed by atoms with Crippen molar-refractivity contribution in [3.63, 3.8) is 0 Å². The van der Waals surface area contributed by atoms with Crippen LogP contribution in [0.3, 0.4) is 0 Å². The molecule has 0 spiro atoms. The number of carbonyl (C=O) groups excluding carboxylic acids is 1. The van der Waals surface area contributed by atoms with Crippen LogP contribution in [0, 0.1) is 0 Å². The van der Waals surface area contributed by atoms with E-state index in [1.54, 1.807) is 18.2 Å². The number of hydrogen-bond donors (Lipinski definition) is 2. The van der Waals surface area contributed by atoms with Crippen molar-refractivity contribution in [1.29, 1.82) is 0 Å². The summed E-state index contributed by atoms with van der Waals surface area (Å²) in [5, 5.41) is 2.77. The number of nitrogens with one attached hydrogen (secondary N) is 1. The molecule has 80 valence electrons. The van der Waals surface area contributed by atoms with E-state index in [1.807, 2.05) is 0 Å². The molecule has 15 heavy (non-hydrogen) atoms. The normalized spacial score (nSPS) is 17.5. The smallest absolute Gasteiger partial charge is 0.224 e. The minimum absolute atomic E-state index is 0.00613. The molecule has 1 aliphatic rings. The molecule has 5 heteroatoms. The van der Waals surface area contributed by atoms with E-state index in [-0.39, 0.29) is 5.91 Å². The molecule has 4 nitrogen and oxygen atoms in total. The van der Waals surface area contributed by atoms with Gasteiger partial charge in [-0.1, -0.05) is 0 Å². The van der Waals surface area contributed by atoms with Gasteiger partial charge in [-0.05, 0) is 36.6 Å². The van der Waals surface area contributed by atoms with E-state index in [4.69, 9.17) is 4.55 Å². The molecule has 0 aliphatic carbocycles. The van der Waals surface area contributed by atoms with Crippen LogP contribution in [0.5, 0.6) is 0 Å². The maximum Gasteiger partial charge on any atom is 0.224 e. The molecule has 2 rings (SSSR count). The third-order valence-electron chi connectivity index (χ3n) is 2.40. The van der Waals surface area contributed by atoms with Gasteiger partial charge in [0.05, 0.1) is 4.90 Å². The van der Waals surface area contributed by atoms with Crippen molar-refractivity contribution in [2.45, 2.75) is 24.2 Å². The van der Waals surface area contributed by atoms with E-state index >= 15 is 0 Å². The van der Waals surface area contributed by atoms with Gasteiger partial charge in [-0.15, -0.1) is 0 Å². The van der Waals surface area contributed by atoms with Gasteiger partial charge in [0.15, 0.2) is 11.1 Å². The van der Waals surface area contributed by atoms with Gasteiger partial charge in [0.2, 0.25) is 5.91 Å². The number of benzene rings is 1. The highest BCUT2D eigenvalue weighted by atomic mass is 32.2. The molecule has 1 aromatic rings. The van der Waals surface area contributed by atoms with E-state index < -0.39 is 11.1 Å². The van der Waals surface area contributed by atoms with Crippen molar-refractivity contribution in [3.8, 4) is 0 Å². The number of aryl methyl sites for hydroxylation is 1.